The average Bonchev–Trinajstić information content (AvgIpc) is 3.69. The number of H-pyrrole nitrogens is 1. The molecule has 1 amide bonds. The third kappa shape index (κ3) is 6.22. The van der Waals surface area contributed by atoms with E-state index in [2.05, 4.69) is 20.4 Å². The summed E-state index contributed by atoms with van der Waals surface area (Å²) < 4.78 is 25.6. The summed E-state index contributed by atoms with van der Waals surface area (Å²) in [6.07, 6.45) is -0.839. The Morgan fingerprint density at radius 2 is 1.60 bits per heavy atom. The number of fused-ring (bicyclic) bond motifs is 1. The van der Waals surface area contributed by atoms with Crippen LogP contribution >= 0.6 is 0 Å². The lowest BCUT2D eigenvalue weighted by molar-refractivity contribution is -0.118. The highest BCUT2D eigenvalue weighted by molar-refractivity contribution is 5.91. The molecule has 1 fully saturated rings. The SMILES string of the molecule is COc1ccc(C(OC[C@H]2O[C@@H](n3ncc4c(=O)[nH]c(NC(=O)C(C)C)nc43)C[C@@H]2O)(c2ccccc2)c2ccc(OC)cc2)cc1. The van der Waals surface area contributed by atoms with Crippen molar-refractivity contribution in [3.8, 4) is 11.5 Å². The highest BCUT2D eigenvalue weighted by Crippen LogP contribution is 2.43. The van der Waals surface area contributed by atoms with Gasteiger partial charge < -0.3 is 24.1 Å². The quantitative estimate of drug-likeness (QED) is 0.179. The standard InChI is InChI=1S/C35H37N5O7/c1-21(2)32(42)38-34-37-31-27(33(43)39-34)19-36-40(31)30-18-28(41)29(47-30)20-46-35(22-8-6-5-7-9-22,23-10-14-25(44-3)15-11-23)24-12-16-26(45-4)17-13-24/h5-17,19,21,28-30,41H,18,20H2,1-4H3,(H2,37,38,39,42,43)/t28-,29+,30+/m0/s1. The number of benzene rings is 3. The molecule has 3 atom stereocenters. The van der Waals surface area contributed by atoms with Gasteiger partial charge in [0.1, 0.15) is 28.6 Å². The highest BCUT2D eigenvalue weighted by Gasteiger charge is 2.42. The summed E-state index contributed by atoms with van der Waals surface area (Å²) >= 11 is 0. The number of aliphatic hydroxyl groups excluding tert-OH is 1. The van der Waals surface area contributed by atoms with Gasteiger partial charge in [0.2, 0.25) is 11.9 Å². The molecule has 0 spiro atoms. The summed E-state index contributed by atoms with van der Waals surface area (Å²) in [5, 5.41) is 18.5. The molecular formula is C35H37N5O7. The molecule has 47 heavy (non-hydrogen) atoms. The van der Waals surface area contributed by atoms with E-state index >= 15 is 0 Å². The van der Waals surface area contributed by atoms with Crippen molar-refractivity contribution < 1.29 is 28.8 Å². The van der Waals surface area contributed by atoms with Crippen molar-refractivity contribution >= 4 is 22.9 Å². The molecule has 0 saturated carbocycles. The van der Waals surface area contributed by atoms with Crippen molar-refractivity contribution in [1.82, 2.24) is 19.7 Å². The van der Waals surface area contributed by atoms with Crippen LogP contribution in [0.15, 0.2) is 89.9 Å². The number of methoxy groups -OCH3 is 2. The molecule has 1 aliphatic rings. The zero-order chi connectivity index (χ0) is 33.1. The summed E-state index contributed by atoms with van der Waals surface area (Å²) in [7, 11) is 3.23. The Balaban J connectivity index is 1.33. The van der Waals surface area contributed by atoms with Gasteiger partial charge in [0.25, 0.3) is 5.56 Å². The molecule has 12 heteroatoms. The van der Waals surface area contributed by atoms with Crippen LogP contribution in [-0.4, -0.2) is 63.8 Å². The van der Waals surface area contributed by atoms with Crippen LogP contribution in [0.1, 0.15) is 43.2 Å². The van der Waals surface area contributed by atoms with Crippen LogP contribution in [0.2, 0.25) is 0 Å². The van der Waals surface area contributed by atoms with E-state index in [-0.39, 0.29) is 41.8 Å². The van der Waals surface area contributed by atoms with E-state index < -0.39 is 29.6 Å². The first-order valence-corrected chi connectivity index (χ1v) is 15.3. The van der Waals surface area contributed by atoms with E-state index in [9.17, 15) is 14.7 Å². The Bertz CT molecular complexity index is 1840. The molecule has 5 aromatic rings. The van der Waals surface area contributed by atoms with Gasteiger partial charge in [-0.15, -0.1) is 0 Å². The van der Waals surface area contributed by atoms with Crippen molar-refractivity contribution in [1.29, 1.82) is 0 Å². The molecule has 0 unspecified atom stereocenters. The Hall–Kier alpha value is -5.04. The molecule has 3 heterocycles. The number of nitrogens with one attached hydrogen (secondary N) is 2. The Labute approximate surface area is 271 Å². The lowest BCUT2D eigenvalue weighted by atomic mass is 9.80. The molecule has 3 aromatic carbocycles. The van der Waals surface area contributed by atoms with Crippen LogP contribution in [0.3, 0.4) is 0 Å². The smallest absolute Gasteiger partial charge is 0.263 e. The highest BCUT2D eigenvalue weighted by atomic mass is 16.6. The van der Waals surface area contributed by atoms with Crippen LogP contribution in [0.4, 0.5) is 5.95 Å². The largest absolute Gasteiger partial charge is 0.497 e. The fraction of sp³-hybridized carbons (Fsp3) is 0.314. The molecule has 244 valence electrons. The molecule has 12 nitrogen and oxygen atoms in total. The first-order valence-electron chi connectivity index (χ1n) is 15.3. The molecule has 1 saturated heterocycles. The minimum Gasteiger partial charge on any atom is -0.497 e. The van der Waals surface area contributed by atoms with Crippen molar-refractivity contribution in [2.75, 3.05) is 26.1 Å². The minimum atomic E-state index is -1.10. The normalized spacial score (nSPS) is 18.0. The van der Waals surface area contributed by atoms with E-state index in [1.54, 1.807) is 28.1 Å². The van der Waals surface area contributed by atoms with Crippen molar-refractivity contribution in [3.05, 3.63) is 112 Å². The van der Waals surface area contributed by atoms with Crippen LogP contribution in [0.25, 0.3) is 11.0 Å². The second-order valence-electron chi connectivity index (χ2n) is 11.6. The second-order valence-corrected chi connectivity index (χ2v) is 11.6. The fourth-order valence-electron chi connectivity index (χ4n) is 5.76. The van der Waals surface area contributed by atoms with Crippen LogP contribution in [0, 0.1) is 5.92 Å². The van der Waals surface area contributed by atoms with Crippen molar-refractivity contribution in [3.63, 3.8) is 0 Å². The number of nitrogens with zero attached hydrogens (tertiary/aromatic N) is 3. The number of ether oxygens (including phenoxy) is 4. The summed E-state index contributed by atoms with van der Waals surface area (Å²) in [5.41, 5.74) is 1.23. The Morgan fingerprint density at radius 1 is 1.00 bits per heavy atom. The van der Waals surface area contributed by atoms with Gasteiger partial charge in [-0.1, -0.05) is 68.4 Å². The fourth-order valence-corrected chi connectivity index (χ4v) is 5.76. The number of carbonyl (C=O) groups is 1. The van der Waals surface area contributed by atoms with Gasteiger partial charge in [-0.25, -0.2) is 4.68 Å². The monoisotopic (exact) mass is 639 g/mol. The summed E-state index contributed by atoms with van der Waals surface area (Å²) in [6.45, 7) is 3.48. The maximum absolute atomic E-state index is 12.8. The van der Waals surface area contributed by atoms with Crippen molar-refractivity contribution in [2.24, 2.45) is 5.92 Å². The number of carbonyl (C=O) groups excluding carboxylic acids is 1. The number of hydrogen-bond donors (Lipinski definition) is 3. The molecule has 0 bridgehead atoms. The zero-order valence-electron chi connectivity index (χ0n) is 26.5. The van der Waals surface area contributed by atoms with Crippen molar-refractivity contribution in [2.45, 2.75) is 44.3 Å². The number of aliphatic hydroxyl groups is 1. The minimum absolute atomic E-state index is 0.00741. The van der Waals surface area contributed by atoms with E-state index in [0.717, 1.165) is 16.7 Å². The number of anilines is 1. The Morgan fingerprint density at radius 3 is 2.17 bits per heavy atom. The van der Waals surface area contributed by atoms with E-state index in [1.165, 1.54) is 10.9 Å². The van der Waals surface area contributed by atoms with E-state index in [0.29, 0.717) is 11.5 Å². The molecule has 0 radical (unpaired) electrons. The summed E-state index contributed by atoms with van der Waals surface area (Å²) in [6, 6.07) is 25.2. The number of aromatic amines is 1. The maximum Gasteiger partial charge on any atom is 0.263 e. The number of aromatic nitrogens is 4. The van der Waals surface area contributed by atoms with Gasteiger partial charge in [0.05, 0.1) is 33.1 Å². The number of hydrogen-bond acceptors (Lipinski definition) is 9. The average molecular weight is 640 g/mol. The van der Waals surface area contributed by atoms with E-state index in [1.807, 2.05) is 78.9 Å². The molecule has 3 N–H and O–H groups in total. The van der Waals surface area contributed by atoms with Crippen LogP contribution in [0.5, 0.6) is 11.5 Å². The van der Waals surface area contributed by atoms with Gasteiger partial charge >= 0.3 is 0 Å². The molecule has 1 aliphatic heterocycles. The second kappa shape index (κ2) is 13.4. The number of amides is 1. The first-order chi connectivity index (χ1) is 22.7. The third-order valence-corrected chi connectivity index (χ3v) is 8.34. The summed E-state index contributed by atoms with van der Waals surface area (Å²) in [5.74, 6) is 0.808. The zero-order valence-corrected chi connectivity index (χ0v) is 26.5. The predicted molar refractivity (Wildman–Crippen MR) is 174 cm³/mol. The maximum atomic E-state index is 12.8. The van der Waals surface area contributed by atoms with Gasteiger partial charge in [0.15, 0.2) is 11.9 Å². The van der Waals surface area contributed by atoms with Gasteiger partial charge in [-0.05, 0) is 41.0 Å². The summed E-state index contributed by atoms with van der Waals surface area (Å²) in [4.78, 5) is 32.1. The lowest BCUT2D eigenvalue weighted by Crippen LogP contribution is -2.38. The molecule has 6 rings (SSSR count). The van der Waals surface area contributed by atoms with E-state index in [4.69, 9.17) is 18.9 Å². The predicted octanol–water partition coefficient (Wildman–Crippen LogP) is 4.39. The third-order valence-electron chi connectivity index (χ3n) is 8.34. The van der Waals surface area contributed by atoms with Gasteiger partial charge in [-0.3, -0.25) is 19.9 Å². The van der Waals surface area contributed by atoms with Crippen LogP contribution < -0.4 is 20.3 Å². The Kier molecular flexibility index (Phi) is 9.08. The first kappa shape index (κ1) is 31.9. The molecule has 0 aliphatic carbocycles. The van der Waals surface area contributed by atoms with Gasteiger partial charge in [-0.2, -0.15) is 10.1 Å². The van der Waals surface area contributed by atoms with Gasteiger partial charge in [0, 0.05) is 12.3 Å². The van der Waals surface area contributed by atoms with Crippen LogP contribution in [-0.2, 0) is 19.9 Å². The number of rotatable bonds is 11. The molecular weight excluding hydrogens is 602 g/mol. The molecule has 2 aromatic heterocycles. The topological polar surface area (TPSA) is 150 Å². The lowest BCUT2D eigenvalue weighted by Gasteiger charge is -2.37.